The number of hydrogen-bond donors (Lipinski definition) is 0. The number of rotatable bonds is 7. The lowest BCUT2D eigenvalue weighted by molar-refractivity contribution is 0.0664. The molecule has 0 unspecified atom stereocenters. The Morgan fingerprint density at radius 2 is 1.84 bits per heavy atom. The van der Waals surface area contributed by atoms with Crippen LogP contribution in [0, 0.1) is 0 Å². The van der Waals surface area contributed by atoms with Gasteiger partial charge in [0, 0.05) is 63.8 Å². The maximum atomic E-state index is 12.9. The molecule has 8 heteroatoms. The number of hydrogen-bond acceptors (Lipinski definition) is 7. The Bertz CT molecular complexity index is 895. The zero-order chi connectivity index (χ0) is 21.6. The lowest BCUT2D eigenvalue weighted by Crippen LogP contribution is -2.47. The highest BCUT2D eigenvalue weighted by Crippen LogP contribution is 2.25. The Morgan fingerprint density at radius 1 is 1.06 bits per heavy atom. The number of ether oxygens (including phenoxy) is 1. The third kappa shape index (κ3) is 5.75. The maximum Gasteiger partial charge on any atom is 0.253 e. The van der Waals surface area contributed by atoms with Crippen LogP contribution in [-0.2, 0) is 17.1 Å². The lowest BCUT2D eigenvalue weighted by Gasteiger charge is -2.32. The first-order valence-electron chi connectivity index (χ1n) is 10.9. The van der Waals surface area contributed by atoms with Crippen LogP contribution in [0.5, 0.6) is 0 Å². The lowest BCUT2D eigenvalue weighted by atomic mass is 10.1. The first-order valence-corrected chi connectivity index (χ1v) is 11.9. The van der Waals surface area contributed by atoms with E-state index < -0.39 is 0 Å². The molecule has 31 heavy (non-hydrogen) atoms. The van der Waals surface area contributed by atoms with Gasteiger partial charge in [0.25, 0.3) is 5.91 Å². The number of carbonyl (C=O) groups is 1. The van der Waals surface area contributed by atoms with E-state index in [4.69, 9.17) is 9.72 Å². The molecule has 1 aromatic heterocycles. The molecule has 0 radical (unpaired) electrons. The monoisotopic (exact) mass is 441 g/mol. The summed E-state index contributed by atoms with van der Waals surface area (Å²) < 4.78 is 5.31. The van der Waals surface area contributed by atoms with Gasteiger partial charge in [0.05, 0.1) is 12.3 Å². The van der Waals surface area contributed by atoms with E-state index >= 15 is 0 Å². The summed E-state index contributed by atoms with van der Waals surface area (Å²) in [6, 6.07) is 9.99. The van der Waals surface area contributed by atoms with Crippen LogP contribution in [0.3, 0.4) is 0 Å². The molecule has 166 valence electrons. The van der Waals surface area contributed by atoms with Crippen LogP contribution in [0.15, 0.2) is 35.5 Å². The van der Waals surface area contributed by atoms with Crippen LogP contribution in [-0.4, -0.2) is 79.1 Å². The van der Waals surface area contributed by atoms with Gasteiger partial charge in [-0.1, -0.05) is 23.9 Å². The van der Waals surface area contributed by atoms with E-state index in [-0.39, 0.29) is 5.91 Å². The van der Waals surface area contributed by atoms with Crippen LogP contribution < -0.4 is 4.90 Å². The van der Waals surface area contributed by atoms with Gasteiger partial charge >= 0.3 is 0 Å². The van der Waals surface area contributed by atoms with Crippen molar-refractivity contribution < 1.29 is 9.53 Å². The standard InChI is InChI=1S/C23H31N5O2S/c1-26-10-12-28(13-11-26)22(29)19-7-5-6-18(14-19)17-31-23-24-20(16-30-2)15-21(25-23)27-8-3-4-9-27/h5-7,14-15H,3-4,8-13,16-17H2,1-2H3. The fourth-order valence-corrected chi connectivity index (χ4v) is 4.80. The average molecular weight is 442 g/mol. The van der Waals surface area contributed by atoms with Crippen LogP contribution in [0.25, 0.3) is 0 Å². The number of aromatic nitrogens is 2. The van der Waals surface area contributed by atoms with E-state index in [0.717, 1.165) is 72.8 Å². The minimum absolute atomic E-state index is 0.120. The number of methoxy groups -OCH3 is 1. The van der Waals surface area contributed by atoms with Gasteiger partial charge in [-0.05, 0) is 37.6 Å². The summed E-state index contributed by atoms with van der Waals surface area (Å²) in [5.41, 5.74) is 2.77. The molecule has 1 aromatic carbocycles. The van der Waals surface area contributed by atoms with Crippen LogP contribution in [0.1, 0.15) is 34.5 Å². The van der Waals surface area contributed by atoms with Crippen LogP contribution >= 0.6 is 11.8 Å². The number of thioether (sulfide) groups is 1. The predicted octanol–water partition coefficient (Wildman–Crippen LogP) is 2.90. The van der Waals surface area contributed by atoms with Gasteiger partial charge in [0.1, 0.15) is 5.82 Å². The highest BCUT2D eigenvalue weighted by Gasteiger charge is 2.21. The summed E-state index contributed by atoms with van der Waals surface area (Å²) in [7, 11) is 3.78. The highest BCUT2D eigenvalue weighted by molar-refractivity contribution is 7.98. The Balaban J connectivity index is 1.44. The molecule has 0 saturated carbocycles. The number of amides is 1. The third-order valence-electron chi connectivity index (χ3n) is 5.80. The molecule has 7 nitrogen and oxygen atoms in total. The number of likely N-dealkylation sites (N-methyl/N-ethyl adjacent to an activating group) is 1. The zero-order valence-corrected chi connectivity index (χ0v) is 19.2. The van der Waals surface area contributed by atoms with Crippen LogP contribution in [0.4, 0.5) is 5.82 Å². The van der Waals surface area contributed by atoms with Gasteiger partial charge < -0.3 is 19.4 Å². The van der Waals surface area contributed by atoms with Crippen molar-refractivity contribution >= 4 is 23.5 Å². The summed E-state index contributed by atoms with van der Waals surface area (Å²) in [4.78, 5) is 28.9. The van der Waals surface area contributed by atoms with Crippen molar-refractivity contribution in [1.82, 2.24) is 19.8 Å². The molecule has 0 atom stereocenters. The molecule has 1 amide bonds. The fraction of sp³-hybridized carbons (Fsp3) is 0.522. The van der Waals surface area contributed by atoms with Gasteiger partial charge in [-0.2, -0.15) is 0 Å². The van der Waals surface area contributed by atoms with Crippen molar-refractivity contribution in [3.63, 3.8) is 0 Å². The molecule has 0 spiro atoms. The van der Waals surface area contributed by atoms with Crippen molar-refractivity contribution in [3.8, 4) is 0 Å². The van der Waals surface area contributed by atoms with Crippen molar-refractivity contribution in [3.05, 3.63) is 47.2 Å². The Morgan fingerprint density at radius 3 is 2.58 bits per heavy atom. The topological polar surface area (TPSA) is 61.8 Å². The van der Waals surface area contributed by atoms with Crippen molar-refractivity contribution in [2.75, 3.05) is 58.3 Å². The Hall–Kier alpha value is -2.16. The summed E-state index contributed by atoms with van der Waals surface area (Å²) in [6.07, 6.45) is 2.42. The first kappa shape index (κ1) is 22.0. The largest absolute Gasteiger partial charge is 0.378 e. The zero-order valence-electron chi connectivity index (χ0n) is 18.4. The molecule has 0 N–H and O–H groups in total. The van der Waals surface area contributed by atoms with E-state index in [2.05, 4.69) is 27.9 Å². The number of nitrogens with zero attached hydrogens (tertiary/aromatic N) is 5. The molecule has 3 heterocycles. The minimum atomic E-state index is 0.120. The summed E-state index contributed by atoms with van der Waals surface area (Å²) in [5.74, 6) is 1.83. The van der Waals surface area contributed by atoms with Crippen LogP contribution in [0.2, 0.25) is 0 Å². The Labute approximate surface area is 188 Å². The second-order valence-electron chi connectivity index (χ2n) is 8.21. The summed E-state index contributed by atoms with van der Waals surface area (Å²) in [6.45, 7) is 5.99. The molecule has 2 fully saturated rings. The molecule has 0 bridgehead atoms. The summed E-state index contributed by atoms with van der Waals surface area (Å²) >= 11 is 1.61. The molecule has 0 aliphatic carbocycles. The molecule has 4 rings (SSSR count). The van der Waals surface area contributed by atoms with Crippen molar-refractivity contribution in [2.45, 2.75) is 30.4 Å². The van der Waals surface area contributed by atoms with Gasteiger partial charge in [-0.3, -0.25) is 4.79 Å². The van der Waals surface area contributed by atoms with E-state index in [1.54, 1.807) is 18.9 Å². The molecule has 2 aliphatic rings. The number of carbonyl (C=O) groups excluding carboxylic acids is 1. The maximum absolute atomic E-state index is 12.9. The van der Waals surface area contributed by atoms with Gasteiger partial charge in [0.2, 0.25) is 0 Å². The fourth-order valence-electron chi connectivity index (χ4n) is 3.99. The van der Waals surface area contributed by atoms with Crippen molar-refractivity contribution in [1.29, 1.82) is 0 Å². The Kier molecular flexibility index (Phi) is 7.42. The van der Waals surface area contributed by atoms with E-state index in [1.807, 2.05) is 29.2 Å². The second-order valence-corrected chi connectivity index (χ2v) is 9.15. The first-order chi connectivity index (χ1) is 15.1. The highest BCUT2D eigenvalue weighted by atomic mass is 32.2. The molecule has 2 aliphatic heterocycles. The minimum Gasteiger partial charge on any atom is -0.378 e. The van der Waals surface area contributed by atoms with Gasteiger partial charge in [-0.15, -0.1) is 0 Å². The van der Waals surface area contributed by atoms with E-state index in [0.29, 0.717) is 6.61 Å². The van der Waals surface area contributed by atoms with Crippen molar-refractivity contribution in [2.24, 2.45) is 0 Å². The molecular formula is C23H31N5O2S. The van der Waals surface area contributed by atoms with E-state index in [1.165, 1.54) is 12.8 Å². The second kappa shape index (κ2) is 10.4. The SMILES string of the molecule is COCc1cc(N2CCCC2)nc(SCc2cccc(C(=O)N3CCN(C)CC3)c2)n1. The normalized spacial score (nSPS) is 17.4. The summed E-state index contributed by atoms with van der Waals surface area (Å²) in [5, 5.41) is 0.757. The quantitative estimate of drug-likeness (QED) is 0.484. The molecule has 2 aromatic rings. The number of anilines is 1. The molecular weight excluding hydrogens is 410 g/mol. The number of benzene rings is 1. The van der Waals surface area contributed by atoms with Gasteiger partial charge in [-0.25, -0.2) is 9.97 Å². The third-order valence-corrected chi connectivity index (χ3v) is 6.72. The van der Waals surface area contributed by atoms with Gasteiger partial charge in [0.15, 0.2) is 5.16 Å². The smallest absolute Gasteiger partial charge is 0.253 e. The predicted molar refractivity (Wildman–Crippen MR) is 124 cm³/mol. The number of piperazine rings is 1. The average Bonchev–Trinajstić information content (AvgIpc) is 3.33. The molecule has 2 saturated heterocycles. The van der Waals surface area contributed by atoms with E-state index in [9.17, 15) is 4.79 Å².